The first kappa shape index (κ1) is 27.0. The fourth-order valence-electron chi connectivity index (χ4n) is 4.04. The lowest BCUT2D eigenvalue weighted by Crippen LogP contribution is -2.62. The second kappa shape index (κ2) is 11.6. The van der Waals surface area contributed by atoms with Crippen molar-refractivity contribution >= 4 is 35.1 Å². The number of rotatable bonds is 5. The molecule has 1 aliphatic heterocycles. The first-order valence-electron chi connectivity index (χ1n) is 11.7. The van der Waals surface area contributed by atoms with Gasteiger partial charge in [-0.3, -0.25) is 9.59 Å². The Morgan fingerprint density at radius 1 is 0.895 bits per heavy atom. The summed E-state index contributed by atoms with van der Waals surface area (Å²) in [6.07, 6.45) is -4.49. The maximum absolute atomic E-state index is 13.3. The van der Waals surface area contributed by atoms with Crippen molar-refractivity contribution < 1.29 is 27.6 Å². The minimum Gasteiger partial charge on any atom is -0.350 e. The Kier molecular flexibility index (Phi) is 8.21. The highest BCUT2D eigenvalue weighted by atomic mass is 35.5. The highest BCUT2D eigenvalue weighted by molar-refractivity contribution is 6.30. The van der Waals surface area contributed by atoms with Crippen LogP contribution in [0.1, 0.15) is 21.5 Å². The molecule has 4 amide bonds. The predicted molar refractivity (Wildman–Crippen MR) is 137 cm³/mol. The van der Waals surface area contributed by atoms with E-state index in [1.54, 1.807) is 24.3 Å². The maximum atomic E-state index is 13.3. The summed E-state index contributed by atoms with van der Waals surface area (Å²) in [6, 6.07) is 18.0. The Balaban J connectivity index is 1.49. The number of anilines is 1. The van der Waals surface area contributed by atoms with Crippen LogP contribution >= 0.6 is 11.6 Å². The van der Waals surface area contributed by atoms with Crippen LogP contribution in [0.3, 0.4) is 0 Å². The number of piperazine rings is 1. The molecule has 11 heteroatoms. The number of alkyl halides is 3. The Morgan fingerprint density at radius 3 is 2.18 bits per heavy atom. The molecule has 1 saturated heterocycles. The summed E-state index contributed by atoms with van der Waals surface area (Å²) in [4.78, 5) is 42.2. The zero-order valence-electron chi connectivity index (χ0n) is 20.0. The predicted octanol–water partition coefficient (Wildman–Crippen LogP) is 5.03. The van der Waals surface area contributed by atoms with Gasteiger partial charge in [-0.1, -0.05) is 41.9 Å². The van der Waals surface area contributed by atoms with Crippen molar-refractivity contribution in [2.24, 2.45) is 0 Å². The molecule has 1 atom stereocenters. The third-order valence-electron chi connectivity index (χ3n) is 6.10. The number of carbonyl (C=O) groups is 3. The van der Waals surface area contributed by atoms with E-state index in [4.69, 9.17) is 11.6 Å². The van der Waals surface area contributed by atoms with Crippen molar-refractivity contribution in [3.63, 3.8) is 0 Å². The summed E-state index contributed by atoms with van der Waals surface area (Å²) in [5, 5.41) is 5.85. The summed E-state index contributed by atoms with van der Waals surface area (Å²) in [5.41, 5.74) is 0.551. The van der Waals surface area contributed by atoms with E-state index in [0.29, 0.717) is 10.6 Å². The van der Waals surface area contributed by atoms with Gasteiger partial charge in [-0.2, -0.15) is 13.2 Å². The average Bonchev–Trinajstić information content (AvgIpc) is 2.92. The molecule has 4 rings (SSSR count). The molecule has 0 aromatic heterocycles. The lowest BCUT2D eigenvalue weighted by atomic mass is 10.1. The Bertz CT molecular complexity index is 1290. The fraction of sp³-hybridized carbons (Fsp3) is 0.222. The molecule has 0 aliphatic carbocycles. The molecular weight excluding hydrogens is 521 g/mol. The summed E-state index contributed by atoms with van der Waals surface area (Å²) < 4.78 is 38.5. The van der Waals surface area contributed by atoms with Crippen molar-refractivity contribution in [1.29, 1.82) is 0 Å². The van der Waals surface area contributed by atoms with Crippen LogP contribution in [0, 0.1) is 0 Å². The minimum atomic E-state index is -4.49. The van der Waals surface area contributed by atoms with Gasteiger partial charge >= 0.3 is 12.2 Å². The largest absolute Gasteiger partial charge is 0.416 e. The summed E-state index contributed by atoms with van der Waals surface area (Å²) in [7, 11) is 0. The molecule has 198 valence electrons. The van der Waals surface area contributed by atoms with Gasteiger partial charge in [0, 0.05) is 35.9 Å². The Labute approximate surface area is 222 Å². The molecule has 1 aliphatic rings. The van der Waals surface area contributed by atoms with Gasteiger partial charge in [-0.05, 0) is 54.1 Å². The molecule has 0 spiro atoms. The number of nitrogens with zero attached hydrogens (tertiary/aromatic N) is 2. The van der Waals surface area contributed by atoms with E-state index in [9.17, 15) is 27.6 Å². The number of carbonyl (C=O) groups excluding carboxylic acids is 3. The monoisotopic (exact) mass is 544 g/mol. The summed E-state index contributed by atoms with van der Waals surface area (Å²) in [5.74, 6) is -0.826. The van der Waals surface area contributed by atoms with E-state index < -0.39 is 29.7 Å². The van der Waals surface area contributed by atoms with Crippen molar-refractivity contribution in [3.8, 4) is 0 Å². The molecule has 0 bridgehead atoms. The smallest absolute Gasteiger partial charge is 0.350 e. The fourth-order valence-corrected chi connectivity index (χ4v) is 4.17. The summed E-state index contributed by atoms with van der Waals surface area (Å²) >= 11 is 5.94. The van der Waals surface area contributed by atoms with Crippen LogP contribution in [0.25, 0.3) is 0 Å². The van der Waals surface area contributed by atoms with E-state index in [2.05, 4.69) is 10.6 Å². The zero-order valence-corrected chi connectivity index (χ0v) is 20.8. The molecule has 1 fully saturated rings. The van der Waals surface area contributed by atoms with Crippen LogP contribution in [0.4, 0.5) is 23.7 Å². The highest BCUT2D eigenvalue weighted by Crippen LogP contribution is 2.30. The third kappa shape index (κ3) is 6.63. The molecular formula is C27H24ClF3N4O3. The van der Waals surface area contributed by atoms with Gasteiger partial charge in [-0.25, -0.2) is 4.79 Å². The lowest BCUT2D eigenvalue weighted by Gasteiger charge is -2.40. The third-order valence-corrected chi connectivity index (χ3v) is 6.35. The average molecular weight is 545 g/mol. The normalized spacial score (nSPS) is 15.6. The number of amides is 4. The quantitative estimate of drug-likeness (QED) is 0.472. The number of halogens is 4. The van der Waals surface area contributed by atoms with Gasteiger partial charge in [-0.15, -0.1) is 0 Å². The van der Waals surface area contributed by atoms with Crippen molar-refractivity contribution in [1.82, 2.24) is 15.1 Å². The molecule has 1 heterocycles. The standard InChI is InChI=1S/C27H24ClF3N4O3/c28-21-10-6-19(7-11-21)25(37)35-15-14-34(17-23(35)24(36)32-16-18-4-2-1-3-5-18)26(38)33-22-12-8-20(9-13-22)27(29,30)31/h1-13,23H,14-17H2,(H,32,36)(H,33,38). The van der Waals surface area contributed by atoms with E-state index in [-0.39, 0.29) is 37.8 Å². The molecule has 3 aromatic carbocycles. The first-order valence-corrected chi connectivity index (χ1v) is 12.1. The molecule has 7 nitrogen and oxygen atoms in total. The van der Waals surface area contributed by atoms with Crippen LogP contribution in [-0.4, -0.2) is 53.3 Å². The zero-order chi connectivity index (χ0) is 27.3. The Hall–Kier alpha value is -4.05. The molecule has 0 saturated carbocycles. The molecule has 38 heavy (non-hydrogen) atoms. The van der Waals surface area contributed by atoms with Gasteiger partial charge in [0.15, 0.2) is 0 Å². The molecule has 3 aromatic rings. The van der Waals surface area contributed by atoms with Crippen molar-refractivity contribution in [2.75, 3.05) is 25.0 Å². The van der Waals surface area contributed by atoms with Gasteiger partial charge in [0.05, 0.1) is 12.1 Å². The van der Waals surface area contributed by atoms with E-state index in [1.165, 1.54) is 9.80 Å². The van der Waals surface area contributed by atoms with Crippen LogP contribution in [0.15, 0.2) is 78.9 Å². The molecule has 0 radical (unpaired) electrons. The minimum absolute atomic E-state index is 0.0747. The van der Waals surface area contributed by atoms with E-state index in [1.807, 2.05) is 30.3 Å². The number of hydrogen-bond donors (Lipinski definition) is 2. The second-order valence-electron chi connectivity index (χ2n) is 8.68. The number of benzene rings is 3. The molecule has 1 unspecified atom stereocenters. The summed E-state index contributed by atoms with van der Waals surface area (Å²) in [6.45, 7) is 0.322. The highest BCUT2D eigenvalue weighted by Gasteiger charge is 2.37. The number of hydrogen-bond acceptors (Lipinski definition) is 3. The van der Waals surface area contributed by atoms with Gasteiger partial charge in [0.25, 0.3) is 5.91 Å². The first-order chi connectivity index (χ1) is 18.1. The van der Waals surface area contributed by atoms with Gasteiger partial charge in [0.2, 0.25) is 5.91 Å². The van der Waals surface area contributed by atoms with Crippen molar-refractivity contribution in [3.05, 3.63) is 101 Å². The van der Waals surface area contributed by atoms with Crippen LogP contribution in [-0.2, 0) is 17.5 Å². The van der Waals surface area contributed by atoms with Crippen LogP contribution in [0.5, 0.6) is 0 Å². The number of urea groups is 1. The van der Waals surface area contributed by atoms with E-state index in [0.717, 1.165) is 29.8 Å². The van der Waals surface area contributed by atoms with E-state index >= 15 is 0 Å². The van der Waals surface area contributed by atoms with Crippen LogP contribution in [0.2, 0.25) is 5.02 Å². The lowest BCUT2D eigenvalue weighted by molar-refractivity contribution is -0.137. The number of nitrogens with one attached hydrogen (secondary N) is 2. The Morgan fingerprint density at radius 2 is 1.55 bits per heavy atom. The van der Waals surface area contributed by atoms with Crippen LogP contribution < -0.4 is 10.6 Å². The second-order valence-corrected chi connectivity index (χ2v) is 9.11. The van der Waals surface area contributed by atoms with Gasteiger partial charge in [0.1, 0.15) is 6.04 Å². The SMILES string of the molecule is O=C(NCc1ccccc1)C1CN(C(=O)Nc2ccc(C(F)(F)F)cc2)CCN1C(=O)c1ccc(Cl)cc1. The topological polar surface area (TPSA) is 81.8 Å². The van der Waals surface area contributed by atoms with Gasteiger partial charge < -0.3 is 20.4 Å². The maximum Gasteiger partial charge on any atom is 0.416 e. The van der Waals surface area contributed by atoms with Crippen molar-refractivity contribution in [2.45, 2.75) is 18.8 Å². The molecule has 2 N–H and O–H groups in total.